The van der Waals surface area contributed by atoms with E-state index in [2.05, 4.69) is 6.58 Å². The first-order valence-electron chi connectivity index (χ1n) is 2.61. The molecule has 0 aliphatic heterocycles. The zero-order chi connectivity index (χ0) is 9.44. The summed E-state index contributed by atoms with van der Waals surface area (Å²) < 4.78 is 0. The van der Waals surface area contributed by atoms with Crippen LogP contribution in [-0.2, 0) is 9.59 Å². The van der Waals surface area contributed by atoms with Crippen LogP contribution in [-0.4, -0.2) is 34.4 Å². The maximum absolute atomic E-state index is 9.87. The highest BCUT2D eigenvalue weighted by Gasteiger charge is 2.07. The van der Waals surface area contributed by atoms with Crippen LogP contribution in [0, 0.1) is 0 Å². The van der Waals surface area contributed by atoms with Gasteiger partial charge in [-0.2, -0.15) is 0 Å². The number of rotatable bonds is 3. The summed E-state index contributed by atoms with van der Waals surface area (Å²) in [5.41, 5.74) is -0.303. The van der Waals surface area contributed by atoms with E-state index in [9.17, 15) is 9.59 Å². The molecule has 0 rings (SSSR count). The number of aliphatic hydroxyl groups is 1. The van der Waals surface area contributed by atoms with Gasteiger partial charge in [-0.15, -0.1) is 0 Å². The van der Waals surface area contributed by atoms with E-state index in [1.54, 1.807) is 0 Å². The molecular formula is C6H10O5. The summed E-state index contributed by atoms with van der Waals surface area (Å²) in [5, 5.41) is 23.1. The number of carbonyl (C=O) groups is 2. The third-order valence-electron chi connectivity index (χ3n) is 0.667. The summed E-state index contributed by atoms with van der Waals surface area (Å²) in [6.07, 6.45) is -0.505. The van der Waals surface area contributed by atoms with Crippen molar-refractivity contribution in [2.75, 3.05) is 7.11 Å². The first-order valence-corrected chi connectivity index (χ1v) is 2.61. The van der Waals surface area contributed by atoms with Crippen molar-refractivity contribution in [3.63, 3.8) is 0 Å². The molecule has 5 nitrogen and oxygen atoms in total. The normalized spacial score (nSPS) is 7.45. The Bertz CT molecular complexity index is 160. The average molecular weight is 162 g/mol. The van der Waals surface area contributed by atoms with E-state index in [4.69, 9.17) is 15.3 Å². The summed E-state index contributed by atoms with van der Waals surface area (Å²) in [7, 11) is 1.00. The van der Waals surface area contributed by atoms with Crippen LogP contribution in [0.3, 0.4) is 0 Å². The van der Waals surface area contributed by atoms with Crippen molar-refractivity contribution in [1.29, 1.82) is 0 Å². The largest absolute Gasteiger partial charge is 0.481 e. The molecule has 0 radical (unpaired) electrons. The van der Waals surface area contributed by atoms with E-state index in [0.29, 0.717) is 0 Å². The predicted molar refractivity (Wildman–Crippen MR) is 37.2 cm³/mol. The number of aliphatic carboxylic acids is 2. The smallest absolute Gasteiger partial charge is 0.331 e. The molecule has 0 aromatic heterocycles. The van der Waals surface area contributed by atoms with E-state index in [1.807, 2.05) is 0 Å². The molecule has 0 saturated carbocycles. The molecule has 0 fully saturated rings. The van der Waals surface area contributed by atoms with Gasteiger partial charge < -0.3 is 15.3 Å². The van der Waals surface area contributed by atoms with Crippen molar-refractivity contribution in [3.05, 3.63) is 12.2 Å². The molecule has 0 bridgehead atoms. The second-order valence-corrected chi connectivity index (χ2v) is 1.48. The van der Waals surface area contributed by atoms with Crippen molar-refractivity contribution in [3.8, 4) is 0 Å². The van der Waals surface area contributed by atoms with Crippen LogP contribution >= 0.6 is 0 Å². The van der Waals surface area contributed by atoms with Crippen LogP contribution < -0.4 is 0 Å². The molecule has 0 spiro atoms. The van der Waals surface area contributed by atoms with Gasteiger partial charge in [-0.1, -0.05) is 6.58 Å². The number of carboxylic acids is 2. The summed E-state index contributed by atoms with van der Waals surface area (Å²) in [6.45, 7) is 3.01. The lowest BCUT2D eigenvalue weighted by Gasteiger charge is -1.91. The minimum atomic E-state index is -1.27. The highest BCUT2D eigenvalue weighted by Crippen LogP contribution is 1.95. The standard InChI is InChI=1S/C5H6O4.CH4O/c1-3(5(8)9)2-4(6)7;1-2/h1-2H2,(H,6,7)(H,8,9);2H,1H3. The second-order valence-electron chi connectivity index (χ2n) is 1.48. The van der Waals surface area contributed by atoms with Crippen molar-refractivity contribution in [1.82, 2.24) is 0 Å². The Balaban J connectivity index is 0. The van der Waals surface area contributed by atoms with Gasteiger partial charge in [-0.3, -0.25) is 4.79 Å². The van der Waals surface area contributed by atoms with Gasteiger partial charge >= 0.3 is 11.9 Å². The van der Waals surface area contributed by atoms with Crippen LogP contribution in [0.15, 0.2) is 12.2 Å². The van der Waals surface area contributed by atoms with Crippen LogP contribution in [0.2, 0.25) is 0 Å². The van der Waals surface area contributed by atoms with Gasteiger partial charge in [0.05, 0.1) is 6.42 Å². The molecule has 0 aliphatic carbocycles. The van der Waals surface area contributed by atoms with E-state index >= 15 is 0 Å². The summed E-state index contributed by atoms with van der Waals surface area (Å²) in [4.78, 5) is 19.7. The number of hydrogen-bond donors (Lipinski definition) is 3. The molecule has 3 N–H and O–H groups in total. The lowest BCUT2D eigenvalue weighted by Crippen LogP contribution is -2.04. The Morgan fingerprint density at radius 3 is 1.73 bits per heavy atom. The second kappa shape index (κ2) is 6.76. The Hall–Kier alpha value is -1.36. The Labute approximate surface area is 63.6 Å². The molecule has 0 aromatic rings. The molecule has 0 unspecified atom stereocenters. The maximum atomic E-state index is 9.87. The molecule has 0 heterocycles. The third kappa shape index (κ3) is 8.64. The lowest BCUT2D eigenvalue weighted by molar-refractivity contribution is -0.139. The monoisotopic (exact) mass is 162 g/mol. The van der Waals surface area contributed by atoms with Crippen LogP contribution in [0.1, 0.15) is 6.42 Å². The van der Waals surface area contributed by atoms with Gasteiger partial charge in [-0.25, -0.2) is 4.79 Å². The SMILES string of the molecule is C=C(CC(=O)O)C(=O)O.CO. The zero-order valence-corrected chi connectivity index (χ0v) is 6.07. The molecule has 11 heavy (non-hydrogen) atoms. The fraction of sp³-hybridized carbons (Fsp3) is 0.333. The van der Waals surface area contributed by atoms with Gasteiger partial charge in [-0.05, 0) is 0 Å². The van der Waals surface area contributed by atoms with E-state index < -0.39 is 18.4 Å². The van der Waals surface area contributed by atoms with Crippen molar-refractivity contribution in [2.45, 2.75) is 6.42 Å². The first-order chi connectivity index (χ1) is 5.04. The van der Waals surface area contributed by atoms with Crippen molar-refractivity contribution >= 4 is 11.9 Å². The number of aliphatic hydroxyl groups excluding tert-OH is 1. The van der Waals surface area contributed by atoms with Gasteiger partial charge in [0, 0.05) is 12.7 Å². The number of hydrogen-bond acceptors (Lipinski definition) is 3. The molecule has 0 amide bonds. The van der Waals surface area contributed by atoms with Gasteiger partial charge in [0.2, 0.25) is 0 Å². The van der Waals surface area contributed by atoms with E-state index in [1.165, 1.54) is 0 Å². The average Bonchev–Trinajstić information content (AvgIpc) is 1.90. The topological polar surface area (TPSA) is 94.8 Å². The van der Waals surface area contributed by atoms with Gasteiger partial charge in [0.15, 0.2) is 0 Å². The van der Waals surface area contributed by atoms with Crippen LogP contribution in [0.25, 0.3) is 0 Å². The van der Waals surface area contributed by atoms with Crippen LogP contribution in [0.4, 0.5) is 0 Å². The summed E-state index contributed by atoms with van der Waals surface area (Å²) in [5.74, 6) is -2.44. The first kappa shape index (κ1) is 12.3. The molecule has 0 aromatic carbocycles. The zero-order valence-electron chi connectivity index (χ0n) is 6.07. The van der Waals surface area contributed by atoms with Crippen molar-refractivity contribution < 1.29 is 24.9 Å². The van der Waals surface area contributed by atoms with E-state index in [0.717, 1.165) is 7.11 Å². The van der Waals surface area contributed by atoms with Gasteiger partial charge in [0.25, 0.3) is 0 Å². The minimum Gasteiger partial charge on any atom is -0.481 e. The fourth-order valence-corrected chi connectivity index (χ4v) is 0.258. The Kier molecular flexibility index (Phi) is 7.57. The van der Waals surface area contributed by atoms with Crippen LogP contribution in [0.5, 0.6) is 0 Å². The quantitative estimate of drug-likeness (QED) is 0.495. The fourth-order valence-electron chi connectivity index (χ4n) is 0.258. The summed E-state index contributed by atoms with van der Waals surface area (Å²) in [6, 6.07) is 0. The molecule has 0 atom stereocenters. The minimum absolute atomic E-state index is 0.303. The summed E-state index contributed by atoms with van der Waals surface area (Å²) >= 11 is 0. The lowest BCUT2D eigenvalue weighted by atomic mass is 10.2. The number of carboxylic acid groups (broad SMARTS) is 2. The molecule has 64 valence electrons. The van der Waals surface area contributed by atoms with Crippen molar-refractivity contribution in [2.24, 2.45) is 0 Å². The maximum Gasteiger partial charge on any atom is 0.331 e. The molecule has 0 saturated heterocycles. The molecular weight excluding hydrogens is 152 g/mol. The molecule has 0 aliphatic rings. The predicted octanol–water partition coefficient (Wildman–Crippen LogP) is -0.290. The Morgan fingerprint density at radius 1 is 1.27 bits per heavy atom. The van der Waals surface area contributed by atoms with Gasteiger partial charge in [0.1, 0.15) is 0 Å². The Morgan fingerprint density at radius 2 is 1.64 bits per heavy atom. The van der Waals surface area contributed by atoms with E-state index in [-0.39, 0.29) is 5.57 Å². The highest BCUT2D eigenvalue weighted by molar-refractivity contribution is 5.91. The highest BCUT2D eigenvalue weighted by atomic mass is 16.4. The molecule has 5 heteroatoms. The third-order valence-corrected chi connectivity index (χ3v) is 0.667.